The molecule has 0 radical (unpaired) electrons. The maximum Gasteiger partial charge on any atom is 0.254 e. The van der Waals surface area contributed by atoms with E-state index < -0.39 is 0 Å². The third kappa shape index (κ3) is 3.26. The van der Waals surface area contributed by atoms with Crippen LogP contribution in [0.4, 0.5) is 0 Å². The zero-order valence-corrected chi connectivity index (χ0v) is 15.6. The first-order valence-electron chi connectivity index (χ1n) is 8.93. The Morgan fingerprint density at radius 2 is 1.96 bits per heavy atom. The second kappa shape index (κ2) is 7.20. The molecule has 2 saturated heterocycles. The molecule has 2 aliphatic rings. The van der Waals surface area contributed by atoms with Crippen LogP contribution in [-0.4, -0.2) is 70.7 Å². The molecule has 0 aliphatic carbocycles. The first-order valence-corrected chi connectivity index (χ1v) is 9.87. The van der Waals surface area contributed by atoms with Crippen molar-refractivity contribution in [2.45, 2.75) is 5.92 Å². The van der Waals surface area contributed by atoms with Crippen molar-refractivity contribution in [3.8, 4) is 0 Å². The number of nitrogens with one attached hydrogen (secondary N) is 1. The van der Waals surface area contributed by atoms with E-state index in [2.05, 4.69) is 10.4 Å². The molecule has 0 saturated carbocycles. The number of piperazine rings is 1. The average Bonchev–Trinajstić information content (AvgIpc) is 3.41. The first-order chi connectivity index (χ1) is 12.6. The van der Waals surface area contributed by atoms with E-state index >= 15 is 0 Å². The van der Waals surface area contributed by atoms with Crippen LogP contribution in [0.15, 0.2) is 29.2 Å². The second-order valence-electron chi connectivity index (χ2n) is 6.95. The van der Waals surface area contributed by atoms with Crippen molar-refractivity contribution in [2.75, 3.05) is 39.3 Å². The van der Waals surface area contributed by atoms with E-state index in [0.29, 0.717) is 32.7 Å². The van der Waals surface area contributed by atoms with E-state index in [4.69, 9.17) is 0 Å². The van der Waals surface area contributed by atoms with Gasteiger partial charge in [0, 0.05) is 63.8 Å². The van der Waals surface area contributed by atoms with Crippen molar-refractivity contribution >= 4 is 23.2 Å². The summed E-state index contributed by atoms with van der Waals surface area (Å²) in [5.74, 6) is 0.362. The van der Waals surface area contributed by atoms with Gasteiger partial charge >= 0.3 is 0 Å². The summed E-state index contributed by atoms with van der Waals surface area (Å²) in [7, 11) is 1.90. The van der Waals surface area contributed by atoms with Gasteiger partial charge in [0.2, 0.25) is 5.91 Å². The topological polar surface area (TPSA) is 70.5 Å². The smallest absolute Gasteiger partial charge is 0.254 e. The van der Waals surface area contributed by atoms with Gasteiger partial charge < -0.3 is 15.1 Å². The minimum Gasteiger partial charge on any atom is -0.339 e. The molecule has 2 atom stereocenters. The van der Waals surface area contributed by atoms with E-state index in [1.54, 1.807) is 4.68 Å². The van der Waals surface area contributed by atoms with E-state index in [1.807, 2.05) is 46.1 Å². The number of hydrogen-bond acceptors (Lipinski definition) is 5. The molecule has 1 N–H and O–H groups in total. The second-order valence-corrected chi connectivity index (χ2v) is 7.73. The van der Waals surface area contributed by atoms with Crippen molar-refractivity contribution in [3.05, 3.63) is 40.3 Å². The first kappa shape index (κ1) is 17.2. The molecular formula is C18H23N5O2S. The molecule has 2 aromatic heterocycles. The average molecular weight is 373 g/mol. The number of carbonyl (C=O) groups excluding carboxylic acids is 2. The maximum atomic E-state index is 13.1. The van der Waals surface area contributed by atoms with Gasteiger partial charge in [0.15, 0.2) is 0 Å². The molecule has 7 nitrogen and oxygen atoms in total. The number of aryl methyl sites for hydroxylation is 1. The maximum absolute atomic E-state index is 13.1. The van der Waals surface area contributed by atoms with Gasteiger partial charge in [-0.05, 0) is 17.0 Å². The molecule has 2 aliphatic heterocycles. The zero-order valence-electron chi connectivity index (χ0n) is 14.8. The molecule has 2 aromatic rings. The third-order valence-electron chi connectivity index (χ3n) is 5.33. The van der Waals surface area contributed by atoms with Gasteiger partial charge in [-0.2, -0.15) is 16.4 Å². The molecule has 8 heteroatoms. The summed E-state index contributed by atoms with van der Waals surface area (Å²) in [6.45, 7) is 3.90. The molecular weight excluding hydrogens is 350 g/mol. The summed E-state index contributed by atoms with van der Waals surface area (Å²) in [5, 5.41) is 11.4. The largest absolute Gasteiger partial charge is 0.339 e. The molecule has 4 heterocycles. The predicted molar refractivity (Wildman–Crippen MR) is 99.1 cm³/mol. The fraction of sp³-hybridized carbons (Fsp3) is 0.500. The molecule has 4 rings (SSSR count). The standard InChI is InChI=1S/C18H23N5O2S/c1-21-11-14(8-20-21)15-9-19-10-16(15)18(25)23-5-3-22(4-6-23)17(24)13-2-7-26-12-13/h2,7-8,11-12,15-16,19H,3-6,9-10H2,1H3/t15-,16+/m1/s1. The molecule has 0 unspecified atom stereocenters. The Balaban J connectivity index is 1.38. The Morgan fingerprint density at radius 1 is 1.19 bits per heavy atom. The van der Waals surface area contributed by atoms with Crippen LogP contribution in [0.2, 0.25) is 0 Å². The summed E-state index contributed by atoms with van der Waals surface area (Å²) in [5.41, 5.74) is 1.86. The van der Waals surface area contributed by atoms with E-state index in [-0.39, 0.29) is 23.7 Å². The lowest BCUT2D eigenvalue weighted by atomic mass is 9.89. The van der Waals surface area contributed by atoms with Crippen molar-refractivity contribution in [2.24, 2.45) is 13.0 Å². The molecule has 2 amide bonds. The Hall–Kier alpha value is -2.19. The van der Waals surface area contributed by atoms with Gasteiger partial charge in [0.05, 0.1) is 17.7 Å². The van der Waals surface area contributed by atoms with E-state index in [1.165, 1.54) is 11.3 Å². The monoisotopic (exact) mass is 373 g/mol. The zero-order chi connectivity index (χ0) is 18.1. The van der Waals surface area contributed by atoms with E-state index in [9.17, 15) is 9.59 Å². The van der Waals surface area contributed by atoms with Crippen molar-refractivity contribution in [1.82, 2.24) is 24.9 Å². The number of amides is 2. The highest BCUT2D eigenvalue weighted by Crippen LogP contribution is 2.29. The van der Waals surface area contributed by atoms with Crippen LogP contribution >= 0.6 is 11.3 Å². The van der Waals surface area contributed by atoms with Crippen LogP contribution in [0, 0.1) is 5.92 Å². The Bertz CT molecular complexity index is 779. The van der Waals surface area contributed by atoms with Crippen LogP contribution in [0.25, 0.3) is 0 Å². The normalized spacial score (nSPS) is 23.4. The minimum absolute atomic E-state index is 0.0571. The summed E-state index contributed by atoms with van der Waals surface area (Å²) in [6.07, 6.45) is 3.85. The molecule has 138 valence electrons. The molecule has 0 bridgehead atoms. The Kier molecular flexibility index (Phi) is 4.78. The van der Waals surface area contributed by atoms with Gasteiger partial charge in [-0.1, -0.05) is 0 Å². The number of thiophene rings is 1. The van der Waals surface area contributed by atoms with Crippen LogP contribution in [-0.2, 0) is 11.8 Å². The number of carbonyl (C=O) groups is 2. The fourth-order valence-corrected chi connectivity index (χ4v) is 4.48. The van der Waals surface area contributed by atoms with Crippen LogP contribution in [0.1, 0.15) is 21.8 Å². The summed E-state index contributed by atoms with van der Waals surface area (Å²) in [6, 6.07) is 1.85. The summed E-state index contributed by atoms with van der Waals surface area (Å²) >= 11 is 1.53. The molecule has 26 heavy (non-hydrogen) atoms. The summed E-state index contributed by atoms with van der Waals surface area (Å²) < 4.78 is 1.78. The van der Waals surface area contributed by atoms with Gasteiger partial charge in [-0.25, -0.2) is 0 Å². The van der Waals surface area contributed by atoms with Crippen molar-refractivity contribution in [1.29, 1.82) is 0 Å². The van der Waals surface area contributed by atoms with Gasteiger partial charge in [-0.3, -0.25) is 14.3 Å². The Morgan fingerprint density at radius 3 is 2.62 bits per heavy atom. The van der Waals surface area contributed by atoms with Gasteiger partial charge in [-0.15, -0.1) is 0 Å². The lowest BCUT2D eigenvalue weighted by Gasteiger charge is -2.36. The van der Waals surface area contributed by atoms with Crippen LogP contribution in [0.3, 0.4) is 0 Å². The minimum atomic E-state index is -0.0571. The lowest BCUT2D eigenvalue weighted by Crippen LogP contribution is -2.52. The fourth-order valence-electron chi connectivity index (χ4n) is 3.85. The van der Waals surface area contributed by atoms with Crippen LogP contribution < -0.4 is 5.32 Å². The van der Waals surface area contributed by atoms with Crippen molar-refractivity contribution in [3.63, 3.8) is 0 Å². The molecule has 0 spiro atoms. The molecule has 2 fully saturated rings. The Labute approximate surface area is 156 Å². The van der Waals surface area contributed by atoms with Gasteiger partial charge in [0.1, 0.15) is 0 Å². The third-order valence-corrected chi connectivity index (χ3v) is 6.01. The lowest BCUT2D eigenvalue weighted by molar-refractivity contribution is -0.136. The number of hydrogen-bond donors (Lipinski definition) is 1. The highest BCUT2D eigenvalue weighted by Gasteiger charge is 2.38. The van der Waals surface area contributed by atoms with Gasteiger partial charge in [0.25, 0.3) is 5.91 Å². The SMILES string of the molecule is Cn1cc([C@H]2CNC[C@@H]2C(=O)N2CCN(C(=O)c3ccsc3)CC2)cn1. The molecule has 0 aromatic carbocycles. The van der Waals surface area contributed by atoms with Crippen LogP contribution in [0.5, 0.6) is 0 Å². The number of rotatable bonds is 3. The highest BCUT2D eigenvalue weighted by molar-refractivity contribution is 7.08. The number of nitrogens with zero attached hydrogens (tertiary/aromatic N) is 4. The number of aromatic nitrogens is 2. The predicted octanol–water partition coefficient (Wildman–Crippen LogP) is 0.769. The highest BCUT2D eigenvalue weighted by atomic mass is 32.1. The van der Waals surface area contributed by atoms with Crippen molar-refractivity contribution < 1.29 is 9.59 Å². The quantitative estimate of drug-likeness (QED) is 0.863. The van der Waals surface area contributed by atoms with E-state index in [0.717, 1.165) is 17.7 Å². The summed E-state index contributed by atoms with van der Waals surface area (Å²) in [4.78, 5) is 29.3.